The lowest BCUT2D eigenvalue weighted by atomic mass is 10.7. The van der Waals surface area contributed by atoms with Gasteiger partial charge in [-0.2, -0.15) is 0 Å². The van der Waals surface area contributed by atoms with Gasteiger partial charge in [0.25, 0.3) is 0 Å². The zero-order chi connectivity index (χ0) is 9.40. The highest BCUT2D eigenvalue weighted by Crippen LogP contribution is 1.90. The van der Waals surface area contributed by atoms with Gasteiger partial charge in [-0.15, -0.1) is 0 Å². The van der Waals surface area contributed by atoms with Gasteiger partial charge < -0.3 is 19.7 Å². The molecule has 0 spiro atoms. The fraction of sp³-hybridized carbons (Fsp3) is 0.833. The van der Waals surface area contributed by atoms with E-state index in [1.807, 2.05) is 0 Å². The van der Waals surface area contributed by atoms with E-state index in [0.29, 0.717) is 0 Å². The third kappa shape index (κ3) is 4.12. The van der Waals surface area contributed by atoms with Crippen LogP contribution < -0.4 is 0 Å². The molecule has 0 aromatic rings. The molecule has 0 saturated heterocycles. The summed E-state index contributed by atoms with van der Waals surface area (Å²) in [7, 11) is 1.48. The van der Waals surface area contributed by atoms with Gasteiger partial charge in [-0.1, -0.05) is 0 Å². The molecule has 0 heterocycles. The van der Waals surface area contributed by atoms with Crippen LogP contribution in [0.4, 0.5) is 4.79 Å². The summed E-state index contributed by atoms with van der Waals surface area (Å²) in [6.07, 6.45) is -0.767. The number of amides is 1. The first-order chi connectivity index (χ1) is 5.76. The maximum atomic E-state index is 10.8. The molecule has 0 radical (unpaired) electrons. The van der Waals surface area contributed by atoms with Gasteiger partial charge in [-0.3, -0.25) is 4.90 Å². The van der Waals surface area contributed by atoms with Crippen molar-refractivity contribution >= 4 is 6.09 Å². The van der Waals surface area contributed by atoms with Crippen molar-refractivity contribution in [3.8, 4) is 0 Å². The van der Waals surface area contributed by atoms with Crippen molar-refractivity contribution in [2.24, 2.45) is 0 Å². The molecule has 0 aliphatic carbocycles. The molecule has 12 heavy (non-hydrogen) atoms. The first-order valence-electron chi connectivity index (χ1n) is 3.38. The molecule has 0 saturated carbocycles. The van der Waals surface area contributed by atoms with Gasteiger partial charge in [0, 0.05) is 7.11 Å². The van der Waals surface area contributed by atoms with Crippen molar-refractivity contribution in [2.45, 2.75) is 0 Å². The minimum absolute atomic E-state index is 0.103. The van der Waals surface area contributed by atoms with Gasteiger partial charge in [-0.25, -0.2) is 4.79 Å². The van der Waals surface area contributed by atoms with Crippen LogP contribution in [-0.4, -0.2) is 55.0 Å². The summed E-state index contributed by atoms with van der Waals surface area (Å²) in [5.41, 5.74) is 0. The molecule has 0 fully saturated rings. The Labute approximate surface area is 70.3 Å². The summed E-state index contributed by atoms with van der Waals surface area (Å²) in [6, 6.07) is 0. The number of carbonyl (C=O) groups excluding carboxylic acids is 1. The second-order valence-electron chi connectivity index (χ2n) is 1.93. The SMILES string of the molecule is COCCOC(=O)N(CO)CO. The number of hydrogen-bond donors (Lipinski definition) is 2. The Balaban J connectivity index is 3.54. The standard InChI is InChI=1S/C6H13NO5/c1-11-2-3-12-6(10)7(4-8)5-9/h8-9H,2-5H2,1H3. The van der Waals surface area contributed by atoms with E-state index in [1.165, 1.54) is 7.11 Å². The fourth-order valence-corrected chi connectivity index (χ4v) is 0.464. The summed E-state index contributed by atoms with van der Waals surface area (Å²) < 4.78 is 9.19. The first kappa shape index (κ1) is 11.2. The number of carbonyl (C=O) groups is 1. The lowest BCUT2D eigenvalue weighted by Crippen LogP contribution is -2.33. The molecule has 0 atom stereocenters. The molecule has 2 N–H and O–H groups in total. The highest BCUT2D eigenvalue weighted by Gasteiger charge is 2.11. The smallest absolute Gasteiger partial charge is 0.413 e. The quantitative estimate of drug-likeness (QED) is 0.417. The monoisotopic (exact) mass is 179 g/mol. The second-order valence-corrected chi connectivity index (χ2v) is 1.93. The van der Waals surface area contributed by atoms with Crippen LogP contribution in [0.2, 0.25) is 0 Å². The maximum absolute atomic E-state index is 10.8. The van der Waals surface area contributed by atoms with Crippen molar-refractivity contribution in [1.29, 1.82) is 0 Å². The zero-order valence-electron chi connectivity index (χ0n) is 6.89. The summed E-state index contributed by atoms with van der Waals surface area (Å²) in [5, 5.41) is 17.0. The maximum Gasteiger partial charge on any atom is 0.413 e. The molecule has 0 rings (SSSR count). The van der Waals surface area contributed by atoms with Gasteiger partial charge in [0.15, 0.2) is 0 Å². The average molecular weight is 179 g/mol. The number of aliphatic hydroxyl groups is 2. The molecular formula is C6H13NO5. The van der Waals surface area contributed by atoms with E-state index in [9.17, 15) is 4.79 Å². The Hall–Kier alpha value is -0.850. The van der Waals surface area contributed by atoms with Crippen molar-refractivity contribution in [2.75, 3.05) is 33.8 Å². The Kier molecular flexibility index (Phi) is 6.35. The van der Waals surface area contributed by atoms with Crippen LogP contribution >= 0.6 is 0 Å². The number of aliphatic hydroxyl groups excluding tert-OH is 2. The van der Waals surface area contributed by atoms with Crippen LogP contribution in [0.15, 0.2) is 0 Å². The van der Waals surface area contributed by atoms with Crippen molar-refractivity contribution < 1.29 is 24.5 Å². The summed E-state index contributed by atoms with van der Waals surface area (Å²) in [6.45, 7) is -0.743. The predicted molar refractivity (Wildman–Crippen MR) is 39.2 cm³/mol. The average Bonchev–Trinajstić information content (AvgIpc) is 2.07. The number of nitrogens with zero attached hydrogens (tertiary/aromatic N) is 1. The van der Waals surface area contributed by atoms with E-state index >= 15 is 0 Å². The van der Waals surface area contributed by atoms with Crippen LogP contribution in [0.25, 0.3) is 0 Å². The van der Waals surface area contributed by atoms with Crippen LogP contribution in [-0.2, 0) is 9.47 Å². The number of rotatable bonds is 5. The molecule has 0 aromatic carbocycles. The first-order valence-corrected chi connectivity index (χ1v) is 3.38. The van der Waals surface area contributed by atoms with E-state index in [0.717, 1.165) is 4.90 Å². The molecule has 6 heteroatoms. The van der Waals surface area contributed by atoms with E-state index in [1.54, 1.807) is 0 Å². The van der Waals surface area contributed by atoms with E-state index in [4.69, 9.17) is 10.2 Å². The molecule has 72 valence electrons. The highest BCUT2D eigenvalue weighted by molar-refractivity contribution is 5.67. The molecule has 1 amide bonds. The number of methoxy groups -OCH3 is 1. The van der Waals surface area contributed by atoms with Gasteiger partial charge in [0.1, 0.15) is 20.1 Å². The Morgan fingerprint density at radius 3 is 2.33 bits per heavy atom. The third-order valence-electron chi connectivity index (χ3n) is 1.11. The number of hydrogen-bond acceptors (Lipinski definition) is 5. The fourth-order valence-electron chi connectivity index (χ4n) is 0.464. The Bertz CT molecular complexity index is 125. The lowest BCUT2D eigenvalue weighted by Gasteiger charge is -2.15. The van der Waals surface area contributed by atoms with Gasteiger partial charge in [-0.05, 0) is 0 Å². The van der Waals surface area contributed by atoms with E-state index < -0.39 is 19.6 Å². The summed E-state index contributed by atoms with van der Waals surface area (Å²) in [5.74, 6) is 0. The molecule has 0 aliphatic rings. The largest absolute Gasteiger partial charge is 0.447 e. The van der Waals surface area contributed by atoms with Crippen molar-refractivity contribution in [1.82, 2.24) is 4.90 Å². The minimum atomic E-state index is -0.767. The van der Waals surface area contributed by atoms with Crippen LogP contribution in [0.5, 0.6) is 0 Å². The van der Waals surface area contributed by atoms with Crippen molar-refractivity contribution in [3.63, 3.8) is 0 Å². The van der Waals surface area contributed by atoms with Gasteiger partial charge in [0.2, 0.25) is 0 Å². The molecule has 0 unspecified atom stereocenters. The van der Waals surface area contributed by atoms with Gasteiger partial charge >= 0.3 is 6.09 Å². The predicted octanol–water partition coefficient (Wildman–Crippen LogP) is -1.03. The molecule has 6 nitrogen and oxygen atoms in total. The van der Waals surface area contributed by atoms with Crippen LogP contribution in [0.3, 0.4) is 0 Å². The van der Waals surface area contributed by atoms with Gasteiger partial charge in [0.05, 0.1) is 6.61 Å². The minimum Gasteiger partial charge on any atom is -0.447 e. The highest BCUT2D eigenvalue weighted by atomic mass is 16.6. The topological polar surface area (TPSA) is 79.2 Å². The second kappa shape index (κ2) is 6.84. The van der Waals surface area contributed by atoms with E-state index in [-0.39, 0.29) is 13.2 Å². The molecule has 0 bridgehead atoms. The molecule has 0 aromatic heterocycles. The van der Waals surface area contributed by atoms with Crippen LogP contribution in [0, 0.1) is 0 Å². The third-order valence-corrected chi connectivity index (χ3v) is 1.11. The summed E-state index contributed by atoms with van der Waals surface area (Å²) >= 11 is 0. The molecule has 0 aliphatic heterocycles. The Morgan fingerprint density at radius 1 is 1.33 bits per heavy atom. The molecular weight excluding hydrogens is 166 g/mol. The van der Waals surface area contributed by atoms with E-state index in [2.05, 4.69) is 9.47 Å². The van der Waals surface area contributed by atoms with Crippen LogP contribution in [0.1, 0.15) is 0 Å². The Morgan fingerprint density at radius 2 is 1.92 bits per heavy atom. The number of ether oxygens (including phenoxy) is 2. The lowest BCUT2D eigenvalue weighted by molar-refractivity contribution is 0.00994. The summed E-state index contributed by atoms with van der Waals surface area (Å²) in [4.78, 5) is 11.5. The zero-order valence-corrected chi connectivity index (χ0v) is 6.89. The normalized spacial score (nSPS) is 9.58. The van der Waals surface area contributed by atoms with Crippen molar-refractivity contribution in [3.05, 3.63) is 0 Å².